The third kappa shape index (κ3) is 4.73. The summed E-state index contributed by atoms with van der Waals surface area (Å²) < 4.78 is 29.1. The van der Waals surface area contributed by atoms with E-state index in [1.54, 1.807) is 0 Å². The largest absolute Gasteiger partial charge is 0.314 e. The number of nitrogens with one attached hydrogen (secondary N) is 1. The van der Waals surface area contributed by atoms with Crippen LogP contribution in [0.4, 0.5) is 8.78 Å². The fraction of sp³-hybridized carbons (Fsp3) is 0.647. The molecule has 1 atom stereocenters. The molecule has 1 saturated heterocycles. The van der Waals surface area contributed by atoms with Crippen LogP contribution in [0.1, 0.15) is 43.7 Å². The molecule has 2 nitrogen and oxygen atoms in total. The summed E-state index contributed by atoms with van der Waals surface area (Å²) in [6.45, 7) is 3.39. The van der Waals surface area contributed by atoms with E-state index in [0.29, 0.717) is 5.92 Å². The minimum Gasteiger partial charge on any atom is -0.314 e. The molecule has 0 radical (unpaired) electrons. The Balaban J connectivity index is 0.00000144. The van der Waals surface area contributed by atoms with Crippen LogP contribution < -0.4 is 5.32 Å². The van der Waals surface area contributed by atoms with Crippen LogP contribution in [-0.4, -0.2) is 31.1 Å². The molecule has 1 saturated carbocycles. The average Bonchev–Trinajstić information content (AvgIpc) is 2.57. The van der Waals surface area contributed by atoms with Crippen LogP contribution in [0.2, 0.25) is 5.02 Å². The van der Waals surface area contributed by atoms with Crippen LogP contribution in [0.3, 0.4) is 0 Å². The lowest BCUT2D eigenvalue weighted by molar-refractivity contribution is 0.0976. The van der Waals surface area contributed by atoms with Crippen molar-refractivity contribution in [1.82, 2.24) is 10.2 Å². The lowest BCUT2D eigenvalue weighted by atomic mass is 9.79. The first kappa shape index (κ1) is 21.9. The van der Waals surface area contributed by atoms with Gasteiger partial charge in [0.2, 0.25) is 0 Å². The van der Waals surface area contributed by atoms with Crippen LogP contribution in [-0.2, 0) is 0 Å². The highest BCUT2D eigenvalue weighted by atomic mass is 35.5. The van der Waals surface area contributed by atoms with E-state index in [-0.39, 0.29) is 41.4 Å². The molecule has 1 aliphatic carbocycles. The van der Waals surface area contributed by atoms with E-state index in [1.807, 2.05) is 0 Å². The zero-order valence-electron chi connectivity index (χ0n) is 13.6. The summed E-state index contributed by atoms with van der Waals surface area (Å²) >= 11 is 5.94. The van der Waals surface area contributed by atoms with Crippen molar-refractivity contribution in [3.63, 3.8) is 0 Å². The molecule has 1 aliphatic heterocycles. The minimum atomic E-state index is -0.573. The van der Waals surface area contributed by atoms with Crippen molar-refractivity contribution >= 4 is 36.4 Å². The Labute approximate surface area is 160 Å². The van der Waals surface area contributed by atoms with Crippen LogP contribution in [0.5, 0.6) is 0 Å². The molecule has 1 aromatic carbocycles. The van der Waals surface area contributed by atoms with E-state index in [2.05, 4.69) is 10.2 Å². The Morgan fingerprint density at radius 3 is 2.29 bits per heavy atom. The van der Waals surface area contributed by atoms with Crippen LogP contribution in [0.25, 0.3) is 0 Å². The molecule has 0 aromatic heterocycles. The predicted octanol–water partition coefficient (Wildman–Crippen LogP) is 4.99. The quantitative estimate of drug-likeness (QED) is 0.718. The Kier molecular flexibility index (Phi) is 9.24. The lowest BCUT2D eigenvalue weighted by Crippen LogP contribution is -2.47. The smallest absolute Gasteiger partial charge is 0.149 e. The summed E-state index contributed by atoms with van der Waals surface area (Å²) in [4.78, 5) is 2.24. The zero-order chi connectivity index (χ0) is 15.5. The second-order valence-electron chi connectivity index (χ2n) is 6.39. The van der Waals surface area contributed by atoms with Gasteiger partial charge in [0.1, 0.15) is 11.6 Å². The van der Waals surface area contributed by atoms with E-state index >= 15 is 0 Å². The number of rotatable bonds is 3. The molecule has 0 bridgehead atoms. The molecule has 2 aliphatic rings. The standard InChI is InChI=1S/C17H23ClF2N2.2ClH/c18-13-6-7-14(19)15(16(13)20)17(12-4-2-1-3-5-12)22-10-8-21-9-11-22;;/h6-7,12,17,21H,1-5,8-11H2;2*1H/t17-;;/m1../s1. The Morgan fingerprint density at radius 1 is 1.04 bits per heavy atom. The maximum Gasteiger partial charge on any atom is 0.149 e. The van der Waals surface area contributed by atoms with Crippen molar-refractivity contribution in [2.75, 3.05) is 26.2 Å². The fourth-order valence-corrected chi connectivity index (χ4v) is 4.11. The molecule has 0 unspecified atom stereocenters. The van der Waals surface area contributed by atoms with Crippen molar-refractivity contribution < 1.29 is 8.78 Å². The molecular formula is C17H25Cl3F2N2. The molecule has 2 fully saturated rings. The van der Waals surface area contributed by atoms with Gasteiger partial charge in [0, 0.05) is 37.8 Å². The molecule has 1 heterocycles. The van der Waals surface area contributed by atoms with Gasteiger partial charge in [-0.25, -0.2) is 8.78 Å². The fourth-order valence-electron chi connectivity index (χ4n) is 3.94. The first-order valence-electron chi connectivity index (χ1n) is 8.26. The molecule has 7 heteroatoms. The molecule has 1 N–H and O–H groups in total. The van der Waals surface area contributed by atoms with Crippen molar-refractivity contribution in [3.8, 4) is 0 Å². The summed E-state index contributed by atoms with van der Waals surface area (Å²) in [5.74, 6) is -0.721. The van der Waals surface area contributed by atoms with Gasteiger partial charge in [-0.1, -0.05) is 30.9 Å². The minimum absolute atomic E-state index is 0. The monoisotopic (exact) mass is 400 g/mol. The summed E-state index contributed by atoms with van der Waals surface area (Å²) in [6, 6.07) is 2.42. The number of hydrogen-bond acceptors (Lipinski definition) is 2. The van der Waals surface area contributed by atoms with E-state index in [1.165, 1.54) is 18.6 Å². The van der Waals surface area contributed by atoms with Gasteiger partial charge in [-0.15, -0.1) is 24.8 Å². The summed E-state index contributed by atoms with van der Waals surface area (Å²) in [7, 11) is 0. The molecule has 24 heavy (non-hydrogen) atoms. The number of halogens is 5. The normalized spacial score (nSPS) is 20.8. The second kappa shape index (κ2) is 10.1. The highest BCUT2D eigenvalue weighted by Gasteiger charge is 2.35. The van der Waals surface area contributed by atoms with Crippen molar-refractivity contribution in [2.24, 2.45) is 5.92 Å². The van der Waals surface area contributed by atoms with Gasteiger partial charge in [-0.3, -0.25) is 4.90 Å². The zero-order valence-corrected chi connectivity index (χ0v) is 16.0. The van der Waals surface area contributed by atoms with Crippen molar-refractivity contribution in [2.45, 2.75) is 38.1 Å². The van der Waals surface area contributed by atoms with Crippen LogP contribution >= 0.6 is 36.4 Å². The van der Waals surface area contributed by atoms with Gasteiger partial charge >= 0.3 is 0 Å². The topological polar surface area (TPSA) is 15.3 Å². The summed E-state index contributed by atoms with van der Waals surface area (Å²) in [5, 5.41) is 3.33. The number of piperazine rings is 1. The van der Waals surface area contributed by atoms with E-state index in [0.717, 1.165) is 51.9 Å². The number of nitrogens with zero attached hydrogens (tertiary/aromatic N) is 1. The highest BCUT2D eigenvalue weighted by molar-refractivity contribution is 6.30. The third-order valence-corrected chi connectivity index (χ3v) is 5.31. The average molecular weight is 402 g/mol. The van der Waals surface area contributed by atoms with Crippen molar-refractivity contribution in [3.05, 3.63) is 34.4 Å². The van der Waals surface area contributed by atoms with Gasteiger partial charge in [-0.2, -0.15) is 0 Å². The van der Waals surface area contributed by atoms with Crippen molar-refractivity contribution in [1.29, 1.82) is 0 Å². The predicted molar refractivity (Wildman–Crippen MR) is 99.6 cm³/mol. The Morgan fingerprint density at radius 2 is 1.67 bits per heavy atom. The van der Waals surface area contributed by atoms with Gasteiger partial charge in [0.05, 0.1) is 5.02 Å². The molecule has 3 rings (SSSR count). The first-order chi connectivity index (χ1) is 10.7. The second-order valence-corrected chi connectivity index (χ2v) is 6.79. The first-order valence-corrected chi connectivity index (χ1v) is 8.64. The maximum absolute atomic E-state index is 14.6. The Hall–Kier alpha value is -0.130. The third-order valence-electron chi connectivity index (χ3n) is 5.02. The van der Waals surface area contributed by atoms with Gasteiger partial charge in [0.25, 0.3) is 0 Å². The molecule has 138 valence electrons. The number of hydrogen-bond donors (Lipinski definition) is 1. The Bertz CT molecular complexity index is 501. The molecular weight excluding hydrogens is 377 g/mol. The van der Waals surface area contributed by atoms with Gasteiger partial charge in [0.15, 0.2) is 0 Å². The van der Waals surface area contributed by atoms with Gasteiger partial charge < -0.3 is 5.32 Å². The summed E-state index contributed by atoms with van der Waals surface area (Å²) in [6.07, 6.45) is 5.61. The van der Waals surface area contributed by atoms with E-state index in [9.17, 15) is 8.78 Å². The van der Waals surface area contributed by atoms with Crippen LogP contribution in [0.15, 0.2) is 12.1 Å². The van der Waals surface area contributed by atoms with Gasteiger partial charge in [-0.05, 0) is 30.9 Å². The lowest BCUT2D eigenvalue weighted by Gasteiger charge is -2.41. The van der Waals surface area contributed by atoms with E-state index < -0.39 is 11.6 Å². The summed E-state index contributed by atoms with van der Waals surface area (Å²) in [5.41, 5.74) is 0.182. The van der Waals surface area contributed by atoms with Crippen LogP contribution in [0, 0.1) is 17.6 Å². The van der Waals surface area contributed by atoms with E-state index in [4.69, 9.17) is 11.6 Å². The SMILES string of the molecule is Cl.Cl.Fc1ccc(Cl)c(F)c1[C@@H](C1CCCCC1)N1CCNCC1. The highest BCUT2D eigenvalue weighted by Crippen LogP contribution is 2.41. The molecule has 0 spiro atoms. The maximum atomic E-state index is 14.6. The number of benzene rings is 1. The molecule has 1 aromatic rings. The molecule has 0 amide bonds.